The van der Waals surface area contributed by atoms with Gasteiger partial charge in [-0.15, -0.1) is 0 Å². The highest BCUT2D eigenvalue weighted by Gasteiger charge is 2.28. The molecular weight excluding hydrogens is 428 g/mol. The Labute approximate surface area is 200 Å². The van der Waals surface area contributed by atoms with E-state index >= 15 is 0 Å². The topological polar surface area (TPSA) is 68.8 Å². The van der Waals surface area contributed by atoms with Crippen molar-refractivity contribution in [1.29, 1.82) is 0 Å². The zero-order chi connectivity index (χ0) is 24.1. The molecule has 6 heteroatoms. The van der Waals surface area contributed by atoms with Gasteiger partial charge >= 0.3 is 6.03 Å². The zero-order valence-corrected chi connectivity index (χ0v) is 20.0. The van der Waals surface area contributed by atoms with Gasteiger partial charge in [-0.1, -0.05) is 36.4 Å². The van der Waals surface area contributed by atoms with Crippen LogP contribution in [0.25, 0.3) is 6.08 Å². The fourth-order valence-electron chi connectivity index (χ4n) is 3.86. The third-order valence-electron chi connectivity index (χ3n) is 5.76. The Morgan fingerprint density at radius 1 is 1.00 bits per heavy atom. The fourth-order valence-corrected chi connectivity index (χ4v) is 3.86. The number of rotatable bonds is 7. The largest absolute Gasteiger partial charge is 0.497 e. The molecule has 1 unspecified atom stereocenters. The molecule has 34 heavy (non-hydrogen) atoms. The summed E-state index contributed by atoms with van der Waals surface area (Å²) in [5, 5.41) is 5.84. The van der Waals surface area contributed by atoms with Crippen LogP contribution in [0, 0.1) is 13.8 Å². The van der Waals surface area contributed by atoms with Crippen LogP contribution >= 0.6 is 0 Å². The molecule has 1 atom stereocenters. The number of methoxy groups -OCH3 is 1. The molecular formula is C28H30N2O4. The standard InChI is InChI=1S/C28H30N2O4/c1-19-6-5-7-20(2)26(19)30-27(31)29-23-10-13-25-22(16-23)14-15-28(3,34-25)18-33-17-21-8-11-24(32-4)12-9-21/h5-16H,17-18H2,1-4H3,(H2,29,30,31). The summed E-state index contributed by atoms with van der Waals surface area (Å²) in [7, 11) is 1.65. The van der Waals surface area contributed by atoms with Crippen LogP contribution in [0.15, 0.2) is 66.7 Å². The van der Waals surface area contributed by atoms with E-state index in [4.69, 9.17) is 14.2 Å². The lowest BCUT2D eigenvalue weighted by atomic mass is 10.0. The lowest BCUT2D eigenvalue weighted by Crippen LogP contribution is -2.37. The number of carbonyl (C=O) groups is 1. The highest BCUT2D eigenvalue weighted by Crippen LogP contribution is 2.33. The summed E-state index contributed by atoms with van der Waals surface area (Å²) in [6.45, 7) is 6.84. The van der Waals surface area contributed by atoms with Crippen LogP contribution in [0.5, 0.6) is 11.5 Å². The van der Waals surface area contributed by atoms with E-state index in [9.17, 15) is 4.79 Å². The third-order valence-corrected chi connectivity index (χ3v) is 5.76. The number of urea groups is 1. The molecule has 0 spiro atoms. The molecule has 1 aliphatic heterocycles. The van der Waals surface area contributed by atoms with Crippen molar-refractivity contribution in [2.24, 2.45) is 0 Å². The van der Waals surface area contributed by atoms with Gasteiger partial charge in [0.25, 0.3) is 0 Å². The number of ether oxygens (including phenoxy) is 3. The Bertz CT molecular complexity index is 1180. The second kappa shape index (κ2) is 10.0. The Morgan fingerprint density at radius 2 is 1.74 bits per heavy atom. The van der Waals surface area contributed by atoms with Crippen LogP contribution in [0.2, 0.25) is 0 Å². The van der Waals surface area contributed by atoms with Gasteiger partial charge in [0.1, 0.15) is 17.1 Å². The van der Waals surface area contributed by atoms with Crippen LogP contribution in [0.4, 0.5) is 16.2 Å². The number of anilines is 2. The lowest BCUT2D eigenvalue weighted by Gasteiger charge is -2.31. The molecule has 3 aromatic rings. The summed E-state index contributed by atoms with van der Waals surface area (Å²) in [5.41, 5.74) is 4.95. The quantitative estimate of drug-likeness (QED) is 0.434. The van der Waals surface area contributed by atoms with Gasteiger partial charge in [-0.2, -0.15) is 0 Å². The van der Waals surface area contributed by atoms with Crippen molar-refractivity contribution in [1.82, 2.24) is 0 Å². The molecule has 0 saturated heterocycles. The van der Waals surface area contributed by atoms with E-state index in [1.807, 2.05) is 93.6 Å². The van der Waals surface area contributed by atoms with E-state index in [0.717, 1.165) is 39.4 Å². The van der Waals surface area contributed by atoms with Crippen LogP contribution in [0.3, 0.4) is 0 Å². The number of hydrogen-bond acceptors (Lipinski definition) is 4. The second-order valence-corrected chi connectivity index (χ2v) is 8.69. The number of para-hydroxylation sites is 1. The van der Waals surface area contributed by atoms with Gasteiger partial charge in [0.05, 0.1) is 20.3 Å². The summed E-state index contributed by atoms with van der Waals surface area (Å²) in [6.07, 6.45) is 3.99. The first-order valence-electron chi connectivity index (χ1n) is 11.2. The molecule has 1 aliphatic rings. The molecule has 0 fully saturated rings. The predicted molar refractivity (Wildman–Crippen MR) is 136 cm³/mol. The fraction of sp³-hybridized carbons (Fsp3) is 0.250. The molecule has 0 bridgehead atoms. The summed E-state index contributed by atoms with van der Waals surface area (Å²) >= 11 is 0. The normalized spacial score (nSPS) is 16.4. The Morgan fingerprint density at radius 3 is 2.44 bits per heavy atom. The molecule has 0 radical (unpaired) electrons. The van der Waals surface area contributed by atoms with E-state index in [1.54, 1.807) is 7.11 Å². The number of amides is 2. The predicted octanol–water partition coefficient (Wildman–Crippen LogP) is 6.34. The van der Waals surface area contributed by atoms with Gasteiger partial charge in [-0.25, -0.2) is 4.79 Å². The molecule has 0 aromatic heterocycles. The van der Waals surface area contributed by atoms with Crippen molar-refractivity contribution in [2.75, 3.05) is 24.4 Å². The van der Waals surface area contributed by atoms with E-state index in [2.05, 4.69) is 10.6 Å². The van der Waals surface area contributed by atoms with Gasteiger partial charge < -0.3 is 24.8 Å². The van der Waals surface area contributed by atoms with Crippen molar-refractivity contribution >= 4 is 23.5 Å². The summed E-state index contributed by atoms with van der Waals surface area (Å²) < 4.78 is 17.3. The monoisotopic (exact) mass is 458 g/mol. The van der Waals surface area contributed by atoms with Gasteiger partial charge in [0, 0.05) is 16.9 Å². The number of fused-ring (bicyclic) bond motifs is 1. The van der Waals surface area contributed by atoms with Gasteiger partial charge in [-0.05, 0) is 73.9 Å². The van der Waals surface area contributed by atoms with Gasteiger partial charge in [0.2, 0.25) is 0 Å². The number of benzene rings is 3. The number of hydrogen-bond donors (Lipinski definition) is 2. The van der Waals surface area contributed by atoms with Crippen LogP contribution in [0.1, 0.15) is 29.2 Å². The summed E-state index contributed by atoms with van der Waals surface area (Å²) in [6, 6.07) is 19.0. The maximum Gasteiger partial charge on any atom is 0.323 e. The van der Waals surface area contributed by atoms with Gasteiger partial charge in [0.15, 0.2) is 0 Å². The first-order chi connectivity index (χ1) is 16.3. The van der Waals surface area contributed by atoms with Crippen molar-refractivity contribution in [2.45, 2.75) is 33.0 Å². The van der Waals surface area contributed by atoms with Crippen LogP contribution < -0.4 is 20.1 Å². The average Bonchev–Trinajstić information content (AvgIpc) is 2.82. The van der Waals surface area contributed by atoms with Crippen molar-refractivity contribution in [3.8, 4) is 11.5 Å². The molecule has 4 rings (SSSR count). The Kier molecular flexibility index (Phi) is 6.89. The van der Waals surface area contributed by atoms with E-state index in [-0.39, 0.29) is 6.03 Å². The molecule has 0 saturated carbocycles. The van der Waals surface area contributed by atoms with Crippen molar-refractivity contribution in [3.63, 3.8) is 0 Å². The molecule has 0 aliphatic carbocycles. The second-order valence-electron chi connectivity index (χ2n) is 8.69. The lowest BCUT2D eigenvalue weighted by molar-refractivity contribution is 0.00631. The smallest absolute Gasteiger partial charge is 0.323 e. The minimum Gasteiger partial charge on any atom is -0.497 e. The highest BCUT2D eigenvalue weighted by atomic mass is 16.5. The molecule has 2 amide bonds. The Hall–Kier alpha value is -3.77. The molecule has 2 N–H and O–H groups in total. The number of aryl methyl sites for hydroxylation is 2. The average molecular weight is 459 g/mol. The SMILES string of the molecule is COc1ccc(COCC2(C)C=Cc3cc(NC(=O)Nc4c(C)cccc4C)ccc3O2)cc1. The summed E-state index contributed by atoms with van der Waals surface area (Å²) in [4.78, 5) is 12.5. The maximum absolute atomic E-state index is 12.5. The molecule has 1 heterocycles. The highest BCUT2D eigenvalue weighted by molar-refractivity contribution is 6.01. The summed E-state index contributed by atoms with van der Waals surface area (Å²) in [5.74, 6) is 1.57. The van der Waals surface area contributed by atoms with Crippen LogP contribution in [-0.4, -0.2) is 25.3 Å². The van der Waals surface area contributed by atoms with E-state index in [1.165, 1.54) is 0 Å². The maximum atomic E-state index is 12.5. The number of nitrogens with one attached hydrogen (secondary N) is 2. The van der Waals surface area contributed by atoms with Crippen molar-refractivity contribution < 1.29 is 19.0 Å². The number of carbonyl (C=O) groups excluding carboxylic acids is 1. The van der Waals surface area contributed by atoms with Crippen LogP contribution in [-0.2, 0) is 11.3 Å². The minimum absolute atomic E-state index is 0.283. The first-order valence-corrected chi connectivity index (χ1v) is 11.2. The first kappa shape index (κ1) is 23.4. The molecule has 3 aromatic carbocycles. The van der Waals surface area contributed by atoms with Crippen molar-refractivity contribution in [3.05, 3.63) is 89.0 Å². The van der Waals surface area contributed by atoms with E-state index in [0.29, 0.717) is 18.9 Å². The minimum atomic E-state index is -0.575. The molecule has 176 valence electrons. The zero-order valence-electron chi connectivity index (χ0n) is 20.0. The third kappa shape index (κ3) is 5.58. The molecule has 6 nitrogen and oxygen atoms in total. The Balaban J connectivity index is 1.34. The van der Waals surface area contributed by atoms with Gasteiger partial charge in [-0.3, -0.25) is 0 Å². The van der Waals surface area contributed by atoms with E-state index < -0.39 is 5.60 Å².